The number of hydrogen-bond acceptors (Lipinski definition) is 4. The van der Waals surface area contributed by atoms with E-state index in [2.05, 4.69) is 5.32 Å². The average Bonchev–Trinajstić information content (AvgIpc) is 3.00. The number of aromatic nitrogens is 2. The van der Waals surface area contributed by atoms with Crippen LogP contribution < -0.4 is 16.6 Å². The number of amides is 1. The SMILES string of the molecule is CC(NCc1cn(C)c(=O)n(C)c1=O)C(=O)N1CCCC1. The third-order valence-corrected chi connectivity index (χ3v) is 3.90. The smallest absolute Gasteiger partial charge is 0.330 e. The molecular formula is C14H22N4O3. The van der Waals surface area contributed by atoms with Crippen molar-refractivity contribution < 1.29 is 4.79 Å². The average molecular weight is 294 g/mol. The van der Waals surface area contributed by atoms with Crippen LogP contribution in [0.25, 0.3) is 0 Å². The summed E-state index contributed by atoms with van der Waals surface area (Å²) in [4.78, 5) is 37.6. The fraction of sp³-hybridized carbons (Fsp3) is 0.643. The van der Waals surface area contributed by atoms with Crippen LogP contribution in [0.2, 0.25) is 0 Å². The molecule has 7 heteroatoms. The first kappa shape index (κ1) is 15.5. The summed E-state index contributed by atoms with van der Waals surface area (Å²) in [6.07, 6.45) is 3.63. The van der Waals surface area contributed by atoms with Gasteiger partial charge >= 0.3 is 5.69 Å². The van der Waals surface area contributed by atoms with Gasteiger partial charge in [-0.05, 0) is 19.8 Å². The number of likely N-dealkylation sites (tertiary alicyclic amines) is 1. The van der Waals surface area contributed by atoms with Crippen LogP contribution in [0.1, 0.15) is 25.3 Å². The molecule has 0 saturated carbocycles. The van der Waals surface area contributed by atoms with E-state index in [1.54, 1.807) is 14.0 Å². The van der Waals surface area contributed by atoms with E-state index in [0.29, 0.717) is 5.56 Å². The lowest BCUT2D eigenvalue weighted by molar-refractivity contribution is -0.131. The number of rotatable bonds is 4. The number of nitrogens with one attached hydrogen (secondary N) is 1. The largest absolute Gasteiger partial charge is 0.341 e. The first-order valence-electron chi connectivity index (χ1n) is 7.19. The number of hydrogen-bond donors (Lipinski definition) is 1. The molecule has 1 aliphatic heterocycles. The highest BCUT2D eigenvalue weighted by Gasteiger charge is 2.23. The molecule has 0 aromatic carbocycles. The second kappa shape index (κ2) is 6.26. The maximum absolute atomic E-state index is 12.2. The van der Waals surface area contributed by atoms with E-state index in [-0.39, 0.29) is 29.7 Å². The van der Waals surface area contributed by atoms with Crippen molar-refractivity contribution in [3.8, 4) is 0 Å². The molecule has 1 saturated heterocycles. The van der Waals surface area contributed by atoms with Gasteiger partial charge in [0.25, 0.3) is 5.56 Å². The quantitative estimate of drug-likeness (QED) is 0.787. The lowest BCUT2D eigenvalue weighted by atomic mass is 10.2. The Balaban J connectivity index is 2.04. The first-order valence-corrected chi connectivity index (χ1v) is 7.19. The zero-order valence-corrected chi connectivity index (χ0v) is 12.8. The summed E-state index contributed by atoms with van der Waals surface area (Å²) >= 11 is 0. The molecule has 1 atom stereocenters. The van der Waals surface area contributed by atoms with E-state index >= 15 is 0 Å². The highest BCUT2D eigenvalue weighted by atomic mass is 16.2. The molecule has 21 heavy (non-hydrogen) atoms. The summed E-state index contributed by atoms with van der Waals surface area (Å²) in [5, 5.41) is 3.07. The molecule has 1 aromatic heterocycles. The summed E-state index contributed by atoms with van der Waals surface area (Å²) in [6, 6.07) is -0.343. The number of aryl methyl sites for hydroxylation is 1. The van der Waals surface area contributed by atoms with Crippen LogP contribution in [-0.2, 0) is 25.4 Å². The molecule has 1 N–H and O–H groups in total. The standard InChI is InChI=1S/C14H22N4O3/c1-10(12(19)18-6-4-5-7-18)15-8-11-9-16(2)14(21)17(3)13(11)20/h9-10,15H,4-8H2,1-3H3. The minimum atomic E-state index is -0.357. The van der Waals surface area contributed by atoms with Crippen molar-refractivity contribution in [2.75, 3.05) is 13.1 Å². The maximum atomic E-state index is 12.2. The summed E-state index contributed by atoms with van der Waals surface area (Å²) in [5.41, 5.74) is -0.211. The van der Waals surface area contributed by atoms with Gasteiger partial charge in [0.05, 0.1) is 6.04 Å². The molecule has 0 bridgehead atoms. The van der Waals surface area contributed by atoms with E-state index in [9.17, 15) is 14.4 Å². The molecule has 1 fully saturated rings. The van der Waals surface area contributed by atoms with Crippen LogP contribution in [0.3, 0.4) is 0 Å². The van der Waals surface area contributed by atoms with Gasteiger partial charge in [-0.25, -0.2) is 4.79 Å². The first-order chi connectivity index (χ1) is 9.91. The Morgan fingerprint density at radius 2 is 1.90 bits per heavy atom. The van der Waals surface area contributed by atoms with Gasteiger partial charge in [0, 0.05) is 45.5 Å². The number of nitrogens with zero attached hydrogens (tertiary/aromatic N) is 3. The Bertz CT molecular complexity index is 641. The zero-order chi connectivity index (χ0) is 15.6. The van der Waals surface area contributed by atoms with E-state index in [0.717, 1.165) is 30.5 Å². The summed E-state index contributed by atoms with van der Waals surface area (Å²) in [6.45, 7) is 3.69. The van der Waals surface area contributed by atoms with Crippen molar-refractivity contribution in [3.63, 3.8) is 0 Å². The number of carbonyl (C=O) groups excluding carboxylic acids is 1. The topological polar surface area (TPSA) is 76.3 Å². The molecule has 0 aliphatic carbocycles. The van der Waals surface area contributed by atoms with Crippen LogP contribution in [-0.4, -0.2) is 39.1 Å². The lowest BCUT2D eigenvalue weighted by Gasteiger charge is -2.21. The van der Waals surface area contributed by atoms with Crippen LogP contribution in [0.4, 0.5) is 0 Å². The van der Waals surface area contributed by atoms with Crippen LogP contribution in [0.5, 0.6) is 0 Å². The van der Waals surface area contributed by atoms with Gasteiger partial charge in [-0.2, -0.15) is 0 Å². The molecule has 2 rings (SSSR count). The molecule has 0 spiro atoms. The van der Waals surface area contributed by atoms with Gasteiger partial charge in [0.1, 0.15) is 0 Å². The van der Waals surface area contributed by atoms with E-state index in [1.165, 1.54) is 17.8 Å². The molecule has 116 valence electrons. The van der Waals surface area contributed by atoms with Crippen LogP contribution in [0.15, 0.2) is 15.8 Å². The molecule has 1 unspecified atom stereocenters. The van der Waals surface area contributed by atoms with E-state index in [1.807, 2.05) is 4.90 Å². The minimum absolute atomic E-state index is 0.0640. The molecule has 1 aliphatic rings. The van der Waals surface area contributed by atoms with E-state index < -0.39 is 0 Å². The third-order valence-electron chi connectivity index (χ3n) is 3.90. The van der Waals surface area contributed by atoms with Gasteiger partial charge in [0.2, 0.25) is 5.91 Å². The summed E-state index contributed by atoms with van der Waals surface area (Å²) in [5.74, 6) is 0.0640. The van der Waals surface area contributed by atoms with Gasteiger partial charge in [0.15, 0.2) is 0 Å². The Morgan fingerprint density at radius 3 is 2.52 bits per heavy atom. The van der Waals surface area contributed by atoms with Gasteiger partial charge < -0.3 is 14.8 Å². The molecule has 1 aromatic rings. The molecule has 2 heterocycles. The fourth-order valence-corrected chi connectivity index (χ4v) is 2.57. The summed E-state index contributed by atoms with van der Waals surface area (Å²) < 4.78 is 2.44. The highest BCUT2D eigenvalue weighted by Crippen LogP contribution is 2.09. The fourth-order valence-electron chi connectivity index (χ4n) is 2.57. The zero-order valence-electron chi connectivity index (χ0n) is 12.8. The monoisotopic (exact) mass is 294 g/mol. The van der Waals surface area contributed by atoms with Crippen molar-refractivity contribution in [2.45, 2.75) is 32.4 Å². The summed E-state index contributed by atoms with van der Waals surface area (Å²) in [7, 11) is 3.05. The van der Waals surface area contributed by atoms with Crippen LogP contribution >= 0.6 is 0 Å². The second-order valence-corrected chi connectivity index (χ2v) is 5.55. The minimum Gasteiger partial charge on any atom is -0.341 e. The predicted molar refractivity (Wildman–Crippen MR) is 79.0 cm³/mol. The third kappa shape index (κ3) is 3.24. The normalized spacial score (nSPS) is 16.2. The van der Waals surface area contributed by atoms with Gasteiger partial charge in [-0.15, -0.1) is 0 Å². The number of carbonyl (C=O) groups is 1. The highest BCUT2D eigenvalue weighted by molar-refractivity contribution is 5.81. The molecule has 0 radical (unpaired) electrons. The van der Waals surface area contributed by atoms with Crippen molar-refractivity contribution in [3.05, 3.63) is 32.6 Å². The molecular weight excluding hydrogens is 272 g/mol. The predicted octanol–water partition coefficient (Wildman–Crippen LogP) is -0.815. The van der Waals surface area contributed by atoms with Crippen molar-refractivity contribution in [1.29, 1.82) is 0 Å². The Labute approximate surface area is 123 Å². The lowest BCUT2D eigenvalue weighted by Crippen LogP contribution is -2.45. The Morgan fingerprint density at radius 1 is 1.29 bits per heavy atom. The maximum Gasteiger partial charge on any atom is 0.330 e. The van der Waals surface area contributed by atoms with Crippen molar-refractivity contribution >= 4 is 5.91 Å². The van der Waals surface area contributed by atoms with Crippen molar-refractivity contribution in [1.82, 2.24) is 19.4 Å². The van der Waals surface area contributed by atoms with Gasteiger partial charge in [-0.3, -0.25) is 14.2 Å². The van der Waals surface area contributed by atoms with Crippen LogP contribution in [0, 0.1) is 0 Å². The molecule has 7 nitrogen and oxygen atoms in total. The van der Waals surface area contributed by atoms with E-state index in [4.69, 9.17) is 0 Å². The second-order valence-electron chi connectivity index (χ2n) is 5.55. The van der Waals surface area contributed by atoms with Gasteiger partial charge in [-0.1, -0.05) is 0 Å². The van der Waals surface area contributed by atoms with Crippen molar-refractivity contribution in [2.24, 2.45) is 14.1 Å². The molecule has 1 amide bonds. The Kier molecular flexibility index (Phi) is 4.62. The Hall–Kier alpha value is -1.89.